The minimum atomic E-state index is -1.19. The summed E-state index contributed by atoms with van der Waals surface area (Å²) in [5.41, 5.74) is 3.49. The van der Waals surface area contributed by atoms with Gasteiger partial charge in [-0.05, 0) is 48.9 Å². The molecule has 1 aliphatic rings. The summed E-state index contributed by atoms with van der Waals surface area (Å²) < 4.78 is 43.3. The van der Waals surface area contributed by atoms with Crippen LogP contribution in [0.25, 0.3) is 10.9 Å². The molecule has 0 spiro atoms. The summed E-state index contributed by atoms with van der Waals surface area (Å²) >= 11 is 0. The zero-order chi connectivity index (χ0) is 19.2. The fraction of sp³-hybridized carbons (Fsp3) is 0.333. The van der Waals surface area contributed by atoms with Crippen LogP contribution >= 0.6 is 0 Å². The first-order valence-electron chi connectivity index (χ1n) is 9.15. The molecule has 0 amide bonds. The highest BCUT2D eigenvalue weighted by Gasteiger charge is 2.41. The van der Waals surface area contributed by atoms with Gasteiger partial charge in [0.05, 0.1) is 11.2 Å². The van der Waals surface area contributed by atoms with Crippen LogP contribution in [0.4, 0.5) is 14.5 Å². The maximum absolute atomic E-state index is 15.0. The zero-order valence-electron chi connectivity index (χ0n) is 15.4. The predicted molar refractivity (Wildman–Crippen MR) is 106 cm³/mol. The number of rotatable bonds is 4. The Morgan fingerprint density at radius 1 is 1.30 bits per heavy atom. The average molecular weight is 388 g/mol. The Bertz CT molecular complexity index is 1050. The van der Waals surface area contributed by atoms with Crippen molar-refractivity contribution in [3.8, 4) is 0 Å². The van der Waals surface area contributed by atoms with Crippen molar-refractivity contribution in [1.82, 2.24) is 4.98 Å². The van der Waals surface area contributed by atoms with E-state index in [1.54, 1.807) is 6.26 Å². The molecule has 3 aromatic rings. The van der Waals surface area contributed by atoms with E-state index in [0.29, 0.717) is 18.4 Å². The van der Waals surface area contributed by atoms with Gasteiger partial charge in [0.2, 0.25) is 0 Å². The third-order valence-electron chi connectivity index (χ3n) is 5.75. The molecule has 2 unspecified atom stereocenters. The molecular formula is C21H22F2N2OS. The second kappa shape index (κ2) is 6.75. The van der Waals surface area contributed by atoms with E-state index in [1.807, 2.05) is 24.4 Å². The molecule has 0 bridgehead atoms. The molecule has 2 N–H and O–H groups in total. The third kappa shape index (κ3) is 2.87. The first kappa shape index (κ1) is 18.2. The number of hydrogen-bond donors (Lipinski definition) is 2. The topological polar surface area (TPSA) is 44.9 Å². The van der Waals surface area contributed by atoms with Crippen LogP contribution in [0.5, 0.6) is 0 Å². The van der Waals surface area contributed by atoms with E-state index in [4.69, 9.17) is 0 Å². The van der Waals surface area contributed by atoms with Crippen LogP contribution in [0.3, 0.4) is 0 Å². The van der Waals surface area contributed by atoms with Gasteiger partial charge in [0.15, 0.2) is 0 Å². The highest BCUT2D eigenvalue weighted by Crippen LogP contribution is 2.49. The number of para-hydroxylation sites is 1. The summed E-state index contributed by atoms with van der Waals surface area (Å²) in [6.45, 7) is 2.06. The lowest BCUT2D eigenvalue weighted by Crippen LogP contribution is -2.33. The standard InChI is InChI=1S/C21H22F2N2OS/c1-3-21(9-5-6-13-10-14(22)11-17(23)19(13)21)16-12-24-20-15(16)7-4-8-18(20)25-27(2)26/h4,7-8,10-12,24-25H,3,5-6,9H2,1-2H3. The molecule has 0 aliphatic heterocycles. The minimum absolute atomic E-state index is 0.468. The largest absolute Gasteiger partial charge is 0.359 e. The molecule has 1 aromatic heterocycles. The van der Waals surface area contributed by atoms with Crippen molar-refractivity contribution in [1.29, 1.82) is 0 Å². The van der Waals surface area contributed by atoms with Crippen molar-refractivity contribution in [3.63, 3.8) is 0 Å². The van der Waals surface area contributed by atoms with Crippen LogP contribution in [0, 0.1) is 11.6 Å². The first-order valence-corrected chi connectivity index (χ1v) is 10.7. The van der Waals surface area contributed by atoms with Crippen LogP contribution in [-0.2, 0) is 22.8 Å². The van der Waals surface area contributed by atoms with Crippen molar-refractivity contribution >= 4 is 27.6 Å². The van der Waals surface area contributed by atoms with Gasteiger partial charge < -0.3 is 9.71 Å². The van der Waals surface area contributed by atoms with Crippen molar-refractivity contribution in [2.24, 2.45) is 0 Å². The molecule has 3 nitrogen and oxygen atoms in total. The summed E-state index contributed by atoms with van der Waals surface area (Å²) in [5.74, 6) is -0.987. The van der Waals surface area contributed by atoms with Gasteiger partial charge >= 0.3 is 0 Å². The molecular weight excluding hydrogens is 366 g/mol. The lowest BCUT2D eigenvalue weighted by atomic mass is 9.64. The van der Waals surface area contributed by atoms with Gasteiger partial charge in [-0.15, -0.1) is 0 Å². The second-order valence-corrected chi connectivity index (χ2v) is 8.31. The molecule has 6 heteroatoms. The van der Waals surface area contributed by atoms with Gasteiger partial charge in [-0.25, -0.2) is 13.0 Å². The highest BCUT2D eigenvalue weighted by molar-refractivity contribution is 7.85. The number of anilines is 1. The number of H-pyrrole nitrogens is 1. The molecule has 1 heterocycles. The SMILES string of the molecule is CCC1(c2c[nH]c3c(NS(C)=O)cccc23)CCCc2cc(F)cc(F)c21. The van der Waals surface area contributed by atoms with Crippen LogP contribution < -0.4 is 4.72 Å². The normalized spacial score (nSPS) is 20.4. The smallest absolute Gasteiger partial charge is 0.130 e. The van der Waals surface area contributed by atoms with Crippen molar-refractivity contribution in [3.05, 3.63) is 64.9 Å². The number of halogens is 2. The summed E-state index contributed by atoms with van der Waals surface area (Å²) in [5, 5.41) is 0.976. The van der Waals surface area contributed by atoms with E-state index in [0.717, 1.165) is 46.6 Å². The zero-order valence-corrected chi connectivity index (χ0v) is 16.2. The van der Waals surface area contributed by atoms with E-state index in [2.05, 4.69) is 16.6 Å². The van der Waals surface area contributed by atoms with Gasteiger partial charge in [-0.2, -0.15) is 0 Å². The van der Waals surface area contributed by atoms with Crippen LogP contribution in [-0.4, -0.2) is 15.4 Å². The second-order valence-electron chi connectivity index (χ2n) is 7.20. The Morgan fingerprint density at radius 3 is 2.85 bits per heavy atom. The summed E-state index contributed by atoms with van der Waals surface area (Å²) in [4.78, 5) is 3.29. The summed E-state index contributed by atoms with van der Waals surface area (Å²) in [6.07, 6.45) is 6.60. The Balaban J connectivity index is 1.97. The molecule has 142 valence electrons. The molecule has 2 aromatic carbocycles. The van der Waals surface area contributed by atoms with Crippen molar-refractivity contribution in [2.45, 2.75) is 38.0 Å². The van der Waals surface area contributed by atoms with Crippen molar-refractivity contribution in [2.75, 3.05) is 11.0 Å². The third-order valence-corrected chi connectivity index (χ3v) is 6.26. The van der Waals surface area contributed by atoms with Crippen LogP contribution in [0.15, 0.2) is 36.5 Å². The first-order chi connectivity index (χ1) is 13.0. The Labute approximate surface area is 159 Å². The van der Waals surface area contributed by atoms with Crippen molar-refractivity contribution < 1.29 is 13.0 Å². The van der Waals surface area contributed by atoms with E-state index in [9.17, 15) is 13.0 Å². The average Bonchev–Trinajstić information content (AvgIpc) is 3.06. The monoisotopic (exact) mass is 388 g/mol. The van der Waals surface area contributed by atoms with Gasteiger partial charge in [-0.3, -0.25) is 0 Å². The predicted octanol–water partition coefficient (Wildman–Crippen LogP) is 5.18. The maximum Gasteiger partial charge on any atom is 0.130 e. The molecule has 4 rings (SSSR count). The Hall–Kier alpha value is -2.21. The van der Waals surface area contributed by atoms with Gasteiger partial charge in [-0.1, -0.05) is 19.1 Å². The van der Waals surface area contributed by atoms with Gasteiger partial charge in [0.25, 0.3) is 0 Å². The summed E-state index contributed by atoms with van der Waals surface area (Å²) in [7, 11) is -1.19. The number of hydrogen-bond acceptors (Lipinski definition) is 1. The molecule has 2 atom stereocenters. The maximum atomic E-state index is 15.0. The number of benzene rings is 2. The molecule has 0 radical (unpaired) electrons. The molecule has 27 heavy (non-hydrogen) atoms. The number of aromatic nitrogens is 1. The fourth-order valence-electron chi connectivity index (χ4n) is 4.67. The quantitative estimate of drug-likeness (QED) is 0.635. The highest BCUT2D eigenvalue weighted by atomic mass is 32.2. The van der Waals surface area contributed by atoms with Gasteiger partial charge in [0.1, 0.15) is 22.6 Å². The Kier molecular flexibility index (Phi) is 4.54. The number of aromatic amines is 1. The van der Waals surface area contributed by atoms with Gasteiger partial charge in [0, 0.05) is 34.9 Å². The van der Waals surface area contributed by atoms with E-state index >= 15 is 0 Å². The Morgan fingerprint density at radius 2 is 2.11 bits per heavy atom. The summed E-state index contributed by atoms with van der Waals surface area (Å²) in [6, 6.07) is 8.25. The molecule has 0 fully saturated rings. The lowest BCUT2D eigenvalue weighted by Gasteiger charge is -2.39. The van der Waals surface area contributed by atoms with E-state index in [1.165, 1.54) is 6.07 Å². The van der Waals surface area contributed by atoms with E-state index < -0.39 is 28.0 Å². The number of fused-ring (bicyclic) bond motifs is 2. The molecule has 0 saturated carbocycles. The molecule has 0 saturated heterocycles. The number of aryl methyl sites for hydroxylation is 1. The number of nitrogens with one attached hydrogen (secondary N) is 2. The molecule has 1 aliphatic carbocycles. The van der Waals surface area contributed by atoms with Crippen LogP contribution in [0.2, 0.25) is 0 Å². The lowest BCUT2D eigenvalue weighted by molar-refractivity contribution is 0.392. The fourth-order valence-corrected chi connectivity index (χ4v) is 5.15. The van der Waals surface area contributed by atoms with Crippen LogP contribution in [0.1, 0.15) is 42.9 Å². The van der Waals surface area contributed by atoms with E-state index in [-0.39, 0.29) is 0 Å². The minimum Gasteiger partial charge on any atom is -0.359 e.